The molecule has 1 amide bonds. The van der Waals surface area contributed by atoms with Crippen molar-refractivity contribution in [3.05, 3.63) is 48.2 Å². The summed E-state index contributed by atoms with van der Waals surface area (Å²) in [6.07, 6.45) is 12.4. The van der Waals surface area contributed by atoms with Gasteiger partial charge in [-0.05, 0) is 46.9 Å². The van der Waals surface area contributed by atoms with Gasteiger partial charge in [0, 0.05) is 18.4 Å². The number of nitrogens with zero attached hydrogens (tertiary/aromatic N) is 2. The van der Waals surface area contributed by atoms with Crippen molar-refractivity contribution in [1.82, 2.24) is 4.98 Å². The van der Waals surface area contributed by atoms with Gasteiger partial charge in [0.2, 0.25) is 5.91 Å². The number of ether oxygens (including phenoxy) is 1. The number of aromatic nitrogens is 1. The molecule has 4 heteroatoms. The molecule has 3 rings (SSSR count). The molecule has 0 fully saturated rings. The highest BCUT2D eigenvalue weighted by molar-refractivity contribution is 6.01. The molecule has 0 N–H and O–H groups in total. The lowest BCUT2D eigenvalue weighted by Crippen LogP contribution is -2.35. The number of fused-ring (bicyclic) bond motifs is 3. The van der Waals surface area contributed by atoms with E-state index in [2.05, 4.69) is 51.7 Å². The lowest BCUT2D eigenvalue weighted by atomic mass is 9.67. The molecule has 4 nitrogen and oxygen atoms in total. The Morgan fingerprint density at radius 3 is 2.23 bits per heavy atom. The van der Waals surface area contributed by atoms with E-state index in [0.717, 1.165) is 35.5 Å². The first kappa shape index (κ1) is 27.4. The molecule has 0 unspecified atom stereocenters. The van der Waals surface area contributed by atoms with E-state index in [0.29, 0.717) is 30.4 Å². The fourth-order valence-electron chi connectivity index (χ4n) is 4.65. The van der Waals surface area contributed by atoms with E-state index in [1.165, 1.54) is 44.9 Å². The molecule has 2 heterocycles. The maximum absolute atomic E-state index is 13.0. The number of benzene rings is 1. The van der Waals surface area contributed by atoms with Crippen molar-refractivity contribution in [2.24, 2.45) is 10.8 Å². The summed E-state index contributed by atoms with van der Waals surface area (Å²) in [5.41, 5.74) is 3.97. The molecule has 0 bridgehead atoms. The van der Waals surface area contributed by atoms with E-state index >= 15 is 0 Å². The standard InChI is InChI=1S/C31H46N2O2/c1-30(2,3)31(4,5)19-13-9-7-6-8-10-14-22-35-23-21-33-28(34)24-25-16-11-12-17-26(25)27-18-15-20-32-29(27)33/h11-12,15-18,20H,6-10,13-14,19,21-24H2,1-5H3. The van der Waals surface area contributed by atoms with Crippen LogP contribution in [0.4, 0.5) is 5.82 Å². The molecule has 0 aliphatic carbocycles. The SMILES string of the molecule is CC(C)(C)C(C)(C)CCCCCCCCCOCCN1C(=O)Cc2ccccc2-c2cccnc21. The number of hydrogen-bond acceptors (Lipinski definition) is 3. The van der Waals surface area contributed by atoms with Crippen LogP contribution < -0.4 is 4.90 Å². The maximum atomic E-state index is 13.0. The minimum atomic E-state index is 0.0874. The van der Waals surface area contributed by atoms with Crippen LogP contribution in [0.15, 0.2) is 42.6 Å². The van der Waals surface area contributed by atoms with Crippen LogP contribution >= 0.6 is 0 Å². The molecule has 0 radical (unpaired) electrons. The second-order valence-corrected chi connectivity index (χ2v) is 11.7. The van der Waals surface area contributed by atoms with E-state index < -0.39 is 0 Å². The minimum absolute atomic E-state index is 0.0874. The molecular formula is C31H46N2O2. The summed E-state index contributed by atoms with van der Waals surface area (Å²) in [5.74, 6) is 0.835. The van der Waals surface area contributed by atoms with Crippen molar-refractivity contribution in [3.8, 4) is 11.1 Å². The van der Waals surface area contributed by atoms with Gasteiger partial charge in [0.25, 0.3) is 0 Å². The quantitative estimate of drug-likeness (QED) is 0.275. The van der Waals surface area contributed by atoms with Crippen molar-refractivity contribution >= 4 is 11.7 Å². The first-order valence-corrected chi connectivity index (χ1v) is 13.6. The van der Waals surface area contributed by atoms with Crippen molar-refractivity contribution in [1.29, 1.82) is 0 Å². The van der Waals surface area contributed by atoms with Crippen molar-refractivity contribution in [2.45, 2.75) is 92.4 Å². The molecule has 2 aromatic rings. The molecular weight excluding hydrogens is 432 g/mol. The molecule has 1 aliphatic rings. The molecule has 1 aromatic carbocycles. The van der Waals surface area contributed by atoms with Crippen LogP contribution in [0, 0.1) is 10.8 Å². The molecule has 0 saturated carbocycles. The lowest BCUT2D eigenvalue weighted by molar-refractivity contribution is -0.118. The molecule has 0 spiro atoms. The van der Waals surface area contributed by atoms with E-state index in [1.807, 2.05) is 24.3 Å². The molecule has 192 valence electrons. The largest absolute Gasteiger partial charge is 0.380 e. The molecule has 0 saturated heterocycles. The number of pyridine rings is 1. The first-order valence-electron chi connectivity index (χ1n) is 13.6. The summed E-state index contributed by atoms with van der Waals surface area (Å²) in [4.78, 5) is 19.3. The summed E-state index contributed by atoms with van der Waals surface area (Å²) in [5, 5.41) is 0. The zero-order chi connectivity index (χ0) is 25.3. The second-order valence-electron chi connectivity index (χ2n) is 11.7. The number of amides is 1. The highest BCUT2D eigenvalue weighted by Gasteiger charge is 2.31. The third-order valence-corrected chi connectivity index (χ3v) is 8.07. The van der Waals surface area contributed by atoms with Crippen molar-refractivity contribution in [3.63, 3.8) is 0 Å². The predicted molar refractivity (Wildman–Crippen MR) is 147 cm³/mol. The highest BCUT2D eigenvalue weighted by atomic mass is 16.5. The third kappa shape index (κ3) is 7.64. The van der Waals surface area contributed by atoms with Gasteiger partial charge in [-0.3, -0.25) is 9.69 Å². The van der Waals surface area contributed by atoms with Crippen LogP contribution in [-0.4, -0.2) is 30.6 Å². The van der Waals surface area contributed by atoms with Gasteiger partial charge in [-0.15, -0.1) is 0 Å². The van der Waals surface area contributed by atoms with Gasteiger partial charge >= 0.3 is 0 Å². The topological polar surface area (TPSA) is 42.4 Å². The van der Waals surface area contributed by atoms with Gasteiger partial charge in [-0.1, -0.05) is 97.4 Å². The number of anilines is 1. The Labute approximate surface area is 213 Å². The summed E-state index contributed by atoms with van der Waals surface area (Å²) < 4.78 is 5.91. The fourth-order valence-corrected chi connectivity index (χ4v) is 4.65. The van der Waals surface area contributed by atoms with Crippen LogP contribution in [0.2, 0.25) is 0 Å². The average Bonchev–Trinajstić information content (AvgIpc) is 2.93. The normalized spacial score (nSPS) is 14.0. The Morgan fingerprint density at radius 1 is 0.829 bits per heavy atom. The van der Waals surface area contributed by atoms with Gasteiger partial charge in [-0.2, -0.15) is 0 Å². The third-order valence-electron chi connectivity index (χ3n) is 8.07. The zero-order valence-electron chi connectivity index (χ0n) is 22.7. The van der Waals surface area contributed by atoms with E-state index in [1.54, 1.807) is 11.1 Å². The van der Waals surface area contributed by atoms with Crippen molar-refractivity contribution < 1.29 is 9.53 Å². The summed E-state index contributed by atoms with van der Waals surface area (Å²) in [6.45, 7) is 13.7. The molecule has 0 atom stereocenters. The van der Waals surface area contributed by atoms with Gasteiger partial charge in [0.1, 0.15) is 5.82 Å². The Hall–Kier alpha value is -2.20. The molecule has 35 heavy (non-hydrogen) atoms. The number of rotatable bonds is 13. The second kappa shape index (κ2) is 12.7. The Balaban J connectivity index is 1.30. The van der Waals surface area contributed by atoms with E-state index in [-0.39, 0.29) is 5.91 Å². The Bertz CT molecular complexity index is 945. The molecule has 1 aliphatic heterocycles. The summed E-state index contributed by atoms with van der Waals surface area (Å²) in [7, 11) is 0. The minimum Gasteiger partial charge on any atom is -0.380 e. The monoisotopic (exact) mass is 478 g/mol. The van der Waals surface area contributed by atoms with Crippen LogP contribution in [0.25, 0.3) is 11.1 Å². The predicted octanol–water partition coefficient (Wildman–Crippen LogP) is 7.85. The first-order chi connectivity index (χ1) is 16.7. The smallest absolute Gasteiger partial charge is 0.232 e. The van der Waals surface area contributed by atoms with Gasteiger partial charge in [0.15, 0.2) is 0 Å². The number of unbranched alkanes of at least 4 members (excludes halogenated alkanes) is 6. The van der Waals surface area contributed by atoms with Gasteiger partial charge < -0.3 is 4.74 Å². The number of carbonyl (C=O) groups is 1. The number of hydrogen-bond donors (Lipinski definition) is 0. The van der Waals surface area contributed by atoms with Gasteiger partial charge in [-0.25, -0.2) is 4.98 Å². The van der Waals surface area contributed by atoms with Crippen LogP contribution in [0.3, 0.4) is 0 Å². The van der Waals surface area contributed by atoms with E-state index in [9.17, 15) is 4.79 Å². The van der Waals surface area contributed by atoms with E-state index in [4.69, 9.17) is 4.74 Å². The van der Waals surface area contributed by atoms with Crippen molar-refractivity contribution in [2.75, 3.05) is 24.7 Å². The zero-order valence-corrected chi connectivity index (χ0v) is 22.7. The number of carbonyl (C=O) groups excluding carboxylic acids is 1. The summed E-state index contributed by atoms with van der Waals surface area (Å²) in [6, 6.07) is 12.1. The summed E-state index contributed by atoms with van der Waals surface area (Å²) >= 11 is 0. The van der Waals surface area contributed by atoms with Gasteiger partial charge in [0.05, 0.1) is 19.6 Å². The van der Waals surface area contributed by atoms with Crippen LogP contribution in [0.1, 0.15) is 91.5 Å². The average molecular weight is 479 g/mol. The highest BCUT2D eigenvalue weighted by Crippen LogP contribution is 2.42. The maximum Gasteiger partial charge on any atom is 0.232 e. The molecule has 1 aromatic heterocycles. The Kier molecular flexibility index (Phi) is 9.91. The van der Waals surface area contributed by atoms with Crippen LogP contribution in [-0.2, 0) is 16.0 Å². The lowest BCUT2D eigenvalue weighted by Gasteiger charge is -2.39. The fraction of sp³-hybridized carbons (Fsp3) is 0.613. The van der Waals surface area contributed by atoms with Crippen LogP contribution in [0.5, 0.6) is 0 Å². The Morgan fingerprint density at radius 2 is 1.49 bits per heavy atom.